The van der Waals surface area contributed by atoms with Gasteiger partial charge in [0, 0.05) is 24.1 Å². The maximum Gasteiger partial charge on any atom is 0.431 e. The number of hydrogen-bond donors (Lipinski definition) is 2. The van der Waals surface area contributed by atoms with E-state index >= 15 is 0 Å². The number of rotatable bonds is 14. The Bertz CT molecular complexity index is 755. The molecule has 2 N–H and O–H groups in total. The first-order chi connectivity index (χ1) is 15.1. The number of amides is 2. The van der Waals surface area contributed by atoms with Crippen LogP contribution in [0.5, 0.6) is 0 Å². The van der Waals surface area contributed by atoms with E-state index in [2.05, 4.69) is 37.7 Å². The van der Waals surface area contributed by atoms with E-state index in [1.165, 1.54) is 18.9 Å². The number of carbonyl (C=O) groups is 2. The van der Waals surface area contributed by atoms with Crippen molar-refractivity contribution in [2.75, 3.05) is 19.8 Å². The quantitative estimate of drug-likeness (QED) is 0.176. The summed E-state index contributed by atoms with van der Waals surface area (Å²) in [5.74, 6) is -0.695. The van der Waals surface area contributed by atoms with Gasteiger partial charge >= 0.3 is 6.09 Å². The molecule has 9 nitrogen and oxygen atoms in total. The molecule has 0 aromatic heterocycles. The van der Waals surface area contributed by atoms with Gasteiger partial charge in [-0.25, -0.2) is 4.79 Å². The monoisotopic (exact) mass is 467 g/mol. The van der Waals surface area contributed by atoms with Crippen molar-refractivity contribution in [2.24, 2.45) is 0 Å². The third kappa shape index (κ3) is 9.35. The number of benzene rings is 1. The van der Waals surface area contributed by atoms with Gasteiger partial charge in [-0.1, -0.05) is 71.0 Å². The fourth-order valence-corrected chi connectivity index (χ4v) is 7.68. The van der Waals surface area contributed by atoms with Crippen molar-refractivity contribution in [2.45, 2.75) is 70.6 Å². The Labute approximate surface area is 191 Å². The number of nitrogens with one attached hydrogen (secondary N) is 2. The van der Waals surface area contributed by atoms with Crippen LogP contribution in [0.4, 0.5) is 10.5 Å². The standard InChI is InChI=1S/C22H37N3O6Si/c1-6-18(7-2)32(4,5)14-10-13-23-21(26)16-31-24-22(27)30-15-17(3)19-11-8-9-12-20(19)25(28)29/h8-9,11-12,17-18H,6-7,10,13-16H2,1-5H3,(H,23,26)(H,24,27). The Hall–Kier alpha value is -2.46. The molecule has 1 aromatic carbocycles. The molecule has 1 aromatic rings. The lowest BCUT2D eigenvalue weighted by molar-refractivity contribution is -0.385. The van der Waals surface area contributed by atoms with E-state index in [1.54, 1.807) is 25.1 Å². The zero-order valence-electron chi connectivity index (χ0n) is 19.8. The third-order valence-corrected chi connectivity index (χ3v) is 10.6. The maximum atomic E-state index is 11.9. The van der Waals surface area contributed by atoms with Gasteiger partial charge in [-0.3, -0.25) is 19.7 Å². The first-order valence-electron chi connectivity index (χ1n) is 11.2. The van der Waals surface area contributed by atoms with Crippen molar-refractivity contribution in [1.82, 2.24) is 10.8 Å². The van der Waals surface area contributed by atoms with Gasteiger partial charge in [-0.15, -0.1) is 0 Å². The molecule has 10 heteroatoms. The highest BCUT2D eigenvalue weighted by Gasteiger charge is 2.28. The smallest absolute Gasteiger partial charge is 0.431 e. The molecule has 0 saturated carbocycles. The van der Waals surface area contributed by atoms with Gasteiger partial charge < -0.3 is 10.1 Å². The van der Waals surface area contributed by atoms with E-state index in [9.17, 15) is 19.7 Å². The Morgan fingerprint density at radius 3 is 2.47 bits per heavy atom. The van der Waals surface area contributed by atoms with Crippen LogP contribution in [-0.4, -0.2) is 44.8 Å². The topological polar surface area (TPSA) is 120 Å². The number of nitrogens with zero attached hydrogens (tertiary/aromatic N) is 1. The Balaban J connectivity index is 2.25. The first kappa shape index (κ1) is 27.6. The molecule has 180 valence electrons. The zero-order chi connectivity index (χ0) is 24.1. The van der Waals surface area contributed by atoms with Gasteiger partial charge in [0.25, 0.3) is 5.69 Å². The summed E-state index contributed by atoms with van der Waals surface area (Å²) >= 11 is 0. The van der Waals surface area contributed by atoms with E-state index in [4.69, 9.17) is 9.57 Å². The number of carbonyl (C=O) groups excluding carboxylic acids is 2. The van der Waals surface area contributed by atoms with E-state index in [1.807, 2.05) is 0 Å². The maximum absolute atomic E-state index is 11.9. The van der Waals surface area contributed by atoms with Crippen LogP contribution in [-0.2, 0) is 14.4 Å². The second kappa shape index (κ2) is 13.8. The summed E-state index contributed by atoms with van der Waals surface area (Å²) in [4.78, 5) is 39.1. The lowest BCUT2D eigenvalue weighted by atomic mass is 10.0. The minimum absolute atomic E-state index is 0.0251. The van der Waals surface area contributed by atoms with Crippen LogP contribution in [0.2, 0.25) is 24.7 Å². The number of hydroxylamine groups is 1. The summed E-state index contributed by atoms with van der Waals surface area (Å²) in [7, 11) is -1.29. The van der Waals surface area contributed by atoms with E-state index in [-0.39, 0.29) is 30.7 Å². The number of nitro groups is 1. The molecule has 32 heavy (non-hydrogen) atoms. The summed E-state index contributed by atoms with van der Waals surface area (Å²) in [5.41, 5.74) is 3.30. The third-order valence-electron chi connectivity index (χ3n) is 5.90. The highest BCUT2D eigenvalue weighted by molar-refractivity contribution is 6.78. The molecule has 0 radical (unpaired) electrons. The van der Waals surface area contributed by atoms with Crippen LogP contribution in [0.1, 0.15) is 51.5 Å². The summed E-state index contributed by atoms with van der Waals surface area (Å²) in [6.07, 6.45) is 2.49. The van der Waals surface area contributed by atoms with E-state index in [0.717, 1.165) is 18.0 Å². The van der Waals surface area contributed by atoms with Crippen molar-refractivity contribution in [3.8, 4) is 0 Å². The SMILES string of the molecule is CCC(CC)[Si](C)(C)CCCNC(=O)CONC(=O)OCC(C)c1ccccc1[N+](=O)[O-]. The van der Waals surface area contributed by atoms with E-state index < -0.39 is 19.1 Å². The minimum atomic E-state index is -1.29. The Morgan fingerprint density at radius 2 is 1.84 bits per heavy atom. The average Bonchev–Trinajstić information content (AvgIpc) is 2.75. The predicted molar refractivity (Wildman–Crippen MR) is 126 cm³/mol. The molecule has 0 fully saturated rings. The van der Waals surface area contributed by atoms with Gasteiger partial charge in [-0.2, -0.15) is 5.48 Å². The molecule has 0 spiro atoms. The summed E-state index contributed by atoms with van der Waals surface area (Å²) in [5, 5.41) is 13.9. The van der Waals surface area contributed by atoms with Gasteiger partial charge in [0.15, 0.2) is 6.61 Å². The largest absolute Gasteiger partial charge is 0.447 e. The molecule has 1 unspecified atom stereocenters. The van der Waals surface area contributed by atoms with Gasteiger partial charge in [-0.05, 0) is 12.0 Å². The van der Waals surface area contributed by atoms with Crippen molar-refractivity contribution < 1.29 is 24.1 Å². The van der Waals surface area contributed by atoms with Crippen LogP contribution in [0.3, 0.4) is 0 Å². The second-order valence-corrected chi connectivity index (χ2v) is 14.0. The fraction of sp³-hybridized carbons (Fsp3) is 0.636. The normalized spacial score (nSPS) is 12.3. The van der Waals surface area contributed by atoms with Gasteiger partial charge in [0.05, 0.1) is 13.0 Å². The molecule has 2 amide bonds. The number of hydrogen-bond acceptors (Lipinski definition) is 6. The van der Waals surface area contributed by atoms with Crippen molar-refractivity contribution in [3.63, 3.8) is 0 Å². The molecule has 0 heterocycles. The molecule has 0 aliphatic rings. The van der Waals surface area contributed by atoms with Gasteiger partial charge in [0.1, 0.15) is 6.61 Å². The molecular formula is C22H37N3O6Si. The van der Waals surface area contributed by atoms with Crippen LogP contribution in [0, 0.1) is 10.1 Å². The Morgan fingerprint density at radius 1 is 1.19 bits per heavy atom. The Kier molecular flexibility index (Phi) is 11.9. The predicted octanol–water partition coefficient (Wildman–Crippen LogP) is 4.76. The van der Waals surface area contributed by atoms with Crippen LogP contribution < -0.4 is 10.8 Å². The molecule has 1 rings (SSSR count). The second-order valence-electron chi connectivity index (χ2n) is 8.66. The fourth-order valence-electron chi connectivity index (χ4n) is 3.97. The van der Waals surface area contributed by atoms with Crippen molar-refractivity contribution in [3.05, 3.63) is 39.9 Å². The van der Waals surface area contributed by atoms with E-state index in [0.29, 0.717) is 12.1 Å². The molecule has 0 bridgehead atoms. The summed E-state index contributed by atoms with van der Waals surface area (Å²) in [6, 6.07) is 7.46. The lowest BCUT2D eigenvalue weighted by Gasteiger charge is -2.31. The molecular weight excluding hydrogens is 430 g/mol. The van der Waals surface area contributed by atoms with Gasteiger partial charge in [0.2, 0.25) is 5.91 Å². The molecule has 0 aliphatic heterocycles. The number of ether oxygens (including phenoxy) is 1. The van der Waals surface area contributed by atoms with Crippen molar-refractivity contribution >= 4 is 25.8 Å². The minimum Gasteiger partial charge on any atom is -0.447 e. The van der Waals surface area contributed by atoms with Crippen LogP contribution >= 0.6 is 0 Å². The molecule has 0 aliphatic carbocycles. The first-order valence-corrected chi connectivity index (χ1v) is 14.4. The number of nitro benzene ring substituents is 1. The van der Waals surface area contributed by atoms with Crippen molar-refractivity contribution in [1.29, 1.82) is 0 Å². The zero-order valence-corrected chi connectivity index (χ0v) is 20.8. The average molecular weight is 468 g/mol. The summed E-state index contributed by atoms with van der Waals surface area (Å²) in [6.45, 7) is 11.2. The highest BCUT2D eigenvalue weighted by atomic mass is 28.3. The lowest BCUT2D eigenvalue weighted by Crippen LogP contribution is -2.36. The van der Waals surface area contributed by atoms with Crippen LogP contribution in [0.25, 0.3) is 0 Å². The molecule has 1 atom stereocenters. The van der Waals surface area contributed by atoms with Crippen LogP contribution in [0.15, 0.2) is 24.3 Å². The highest BCUT2D eigenvalue weighted by Crippen LogP contribution is 2.32. The summed E-state index contributed by atoms with van der Waals surface area (Å²) < 4.78 is 5.03. The molecule has 0 saturated heterocycles. The number of para-hydroxylation sites is 1.